The fourth-order valence-corrected chi connectivity index (χ4v) is 5.14. The van der Waals surface area contributed by atoms with E-state index in [9.17, 15) is 26.4 Å². The van der Waals surface area contributed by atoms with Gasteiger partial charge in [-0.15, -0.1) is 0 Å². The lowest BCUT2D eigenvalue weighted by Gasteiger charge is -2.42. The molecule has 0 spiro atoms. The van der Waals surface area contributed by atoms with Gasteiger partial charge in [-0.2, -0.15) is 0 Å². The first-order valence-electron chi connectivity index (χ1n) is 10.4. The van der Waals surface area contributed by atoms with Gasteiger partial charge in [-0.25, -0.2) is 26.3 Å². The van der Waals surface area contributed by atoms with Crippen LogP contribution in [0.2, 0.25) is 0 Å². The number of nitrogens with one attached hydrogen (secondary N) is 1. The molecule has 7 nitrogen and oxygen atoms in total. The molecule has 0 bridgehead atoms. The van der Waals surface area contributed by atoms with Gasteiger partial charge >= 0.3 is 5.91 Å². The number of hydrogen-bond donors (Lipinski definition) is 1. The van der Waals surface area contributed by atoms with Crippen molar-refractivity contribution >= 4 is 43.5 Å². The van der Waals surface area contributed by atoms with Crippen LogP contribution < -0.4 is 9.62 Å². The first-order valence-corrected chi connectivity index (χ1v) is 11.8. The lowest BCUT2D eigenvalue weighted by atomic mass is 10.0. The van der Waals surface area contributed by atoms with E-state index in [2.05, 4.69) is 4.98 Å². The predicted molar refractivity (Wildman–Crippen MR) is 119 cm³/mol. The average molecular weight is 489 g/mol. The van der Waals surface area contributed by atoms with Crippen LogP contribution in [-0.4, -0.2) is 38.3 Å². The van der Waals surface area contributed by atoms with Gasteiger partial charge in [0.1, 0.15) is 16.3 Å². The van der Waals surface area contributed by atoms with Gasteiger partial charge in [-0.05, 0) is 31.5 Å². The lowest BCUT2D eigenvalue weighted by Crippen LogP contribution is -2.52. The summed E-state index contributed by atoms with van der Waals surface area (Å²) in [4.78, 5) is 18.1. The smallest absolute Gasteiger partial charge is 0.300 e. The van der Waals surface area contributed by atoms with Crippen LogP contribution in [-0.2, 0) is 10.0 Å². The Morgan fingerprint density at radius 2 is 2.00 bits per heavy atom. The van der Waals surface area contributed by atoms with Gasteiger partial charge < -0.3 is 9.32 Å². The summed E-state index contributed by atoms with van der Waals surface area (Å²) < 4.78 is 74.1. The minimum atomic E-state index is -4.34. The van der Waals surface area contributed by atoms with E-state index in [1.165, 1.54) is 23.1 Å². The van der Waals surface area contributed by atoms with E-state index in [1.807, 2.05) is 4.72 Å². The Hall–Kier alpha value is -3.60. The van der Waals surface area contributed by atoms with Gasteiger partial charge in [-0.1, -0.05) is 18.2 Å². The molecule has 2 aromatic carbocycles. The topological polar surface area (TPSA) is 92.5 Å². The van der Waals surface area contributed by atoms with Gasteiger partial charge in [0.15, 0.2) is 5.76 Å². The van der Waals surface area contributed by atoms with Gasteiger partial charge in [0.05, 0.1) is 16.9 Å². The summed E-state index contributed by atoms with van der Waals surface area (Å²) in [6.45, 7) is 2.05. The molecular formula is C23H18F3N3O4S. The Labute approximate surface area is 192 Å². The molecule has 0 radical (unpaired) electrons. The molecule has 2 aromatic heterocycles. The number of aromatic nitrogens is 1. The number of benzene rings is 2. The maximum atomic E-state index is 14.7. The molecule has 34 heavy (non-hydrogen) atoms. The monoisotopic (exact) mass is 489 g/mol. The van der Waals surface area contributed by atoms with Gasteiger partial charge in [0.25, 0.3) is 16.4 Å². The average Bonchev–Trinajstić information content (AvgIpc) is 3.17. The van der Waals surface area contributed by atoms with Crippen LogP contribution in [0.25, 0.3) is 21.9 Å². The van der Waals surface area contributed by atoms with E-state index >= 15 is 0 Å². The molecule has 11 heteroatoms. The first-order chi connectivity index (χ1) is 16.1. The minimum Gasteiger partial charge on any atom is -0.451 e. The maximum Gasteiger partial charge on any atom is 0.300 e. The zero-order valence-electron chi connectivity index (χ0n) is 17.8. The number of nitrogens with zero attached hydrogens (tertiary/aromatic N) is 2. The number of alkyl halides is 2. The van der Waals surface area contributed by atoms with Crippen molar-refractivity contribution in [3.8, 4) is 0 Å². The molecule has 4 aromatic rings. The second kappa shape index (κ2) is 8.01. The highest BCUT2D eigenvalue weighted by atomic mass is 32.2. The van der Waals surface area contributed by atoms with Crippen molar-refractivity contribution in [1.29, 1.82) is 0 Å². The lowest BCUT2D eigenvalue weighted by molar-refractivity contribution is 0.0876. The molecule has 1 amide bonds. The quantitative estimate of drug-likeness (QED) is 0.447. The fraction of sp³-hybridized carbons (Fsp3) is 0.217. The van der Waals surface area contributed by atoms with E-state index in [1.54, 1.807) is 25.1 Å². The highest BCUT2D eigenvalue weighted by Crippen LogP contribution is 2.34. The third-order valence-corrected chi connectivity index (χ3v) is 7.19. The van der Waals surface area contributed by atoms with Gasteiger partial charge in [0.2, 0.25) is 0 Å². The molecule has 1 atom stereocenters. The molecule has 1 aliphatic rings. The zero-order chi connectivity index (χ0) is 24.2. The second-order valence-electron chi connectivity index (χ2n) is 8.05. The maximum absolute atomic E-state index is 14.7. The van der Waals surface area contributed by atoms with Crippen molar-refractivity contribution in [3.05, 3.63) is 65.8 Å². The van der Waals surface area contributed by atoms with Crippen molar-refractivity contribution in [2.24, 2.45) is 0 Å². The van der Waals surface area contributed by atoms with Crippen LogP contribution in [0.3, 0.4) is 0 Å². The summed E-state index contributed by atoms with van der Waals surface area (Å²) in [6, 6.07) is 10.5. The number of rotatable bonds is 5. The van der Waals surface area contributed by atoms with Crippen LogP contribution in [0.15, 0.2) is 57.8 Å². The molecule has 0 aliphatic carbocycles. The molecule has 1 aliphatic heterocycles. The highest BCUT2D eigenvalue weighted by Gasteiger charge is 2.36. The number of para-hydroxylation sites is 1. The number of anilines is 1. The van der Waals surface area contributed by atoms with Crippen LogP contribution >= 0.6 is 0 Å². The fourth-order valence-electron chi connectivity index (χ4n) is 4.01. The number of furan rings is 1. The first kappa shape index (κ1) is 22.2. The van der Waals surface area contributed by atoms with Gasteiger partial charge in [-0.3, -0.25) is 9.78 Å². The van der Waals surface area contributed by atoms with E-state index in [4.69, 9.17) is 4.42 Å². The second-order valence-corrected chi connectivity index (χ2v) is 9.70. The highest BCUT2D eigenvalue weighted by molar-refractivity contribution is 7.90. The molecular weight excluding hydrogens is 471 g/mol. The number of carbonyl (C=O) groups excluding carboxylic acids is 1. The largest absolute Gasteiger partial charge is 0.451 e. The summed E-state index contributed by atoms with van der Waals surface area (Å²) in [5.74, 6) is -2.31. The molecule has 0 saturated carbocycles. The molecule has 1 N–H and O–H groups in total. The Bertz CT molecular complexity index is 1550. The number of aryl methyl sites for hydroxylation is 1. The molecule has 1 fully saturated rings. The van der Waals surface area contributed by atoms with Crippen LogP contribution in [0, 0.1) is 12.7 Å². The van der Waals surface area contributed by atoms with Crippen molar-refractivity contribution in [2.45, 2.75) is 30.7 Å². The summed E-state index contributed by atoms with van der Waals surface area (Å²) in [6.07, 6.45) is -2.30. The number of carbonyl (C=O) groups is 1. The van der Waals surface area contributed by atoms with E-state index in [0.717, 1.165) is 12.1 Å². The predicted octanol–water partition coefficient (Wildman–Crippen LogP) is 4.39. The molecule has 5 rings (SSSR count). The van der Waals surface area contributed by atoms with Crippen LogP contribution in [0.5, 0.6) is 0 Å². The summed E-state index contributed by atoms with van der Waals surface area (Å²) in [5, 5.41) is 0.509. The van der Waals surface area contributed by atoms with E-state index < -0.39 is 40.0 Å². The number of hydrogen-bond acceptors (Lipinski definition) is 6. The number of amides is 1. The SMILES string of the molecule is Cc1ccc2cccc(S(=O)(=O)NC(=O)c3cc4c(F)cc(N5CCC5C(F)F)cc4o3)c2n1. The van der Waals surface area contributed by atoms with Crippen molar-refractivity contribution in [2.75, 3.05) is 11.4 Å². The molecule has 1 saturated heterocycles. The van der Waals surface area contributed by atoms with Crippen LogP contribution in [0.4, 0.5) is 18.9 Å². The molecule has 176 valence electrons. The Kier molecular flexibility index (Phi) is 5.23. The van der Waals surface area contributed by atoms with Gasteiger partial charge in [0, 0.05) is 35.4 Å². The minimum absolute atomic E-state index is 0.0556. The molecule has 3 heterocycles. The van der Waals surface area contributed by atoms with Crippen molar-refractivity contribution in [1.82, 2.24) is 9.71 Å². The number of pyridine rings is 1. The summed E-state index contributed by atoms with van der Waals surface area (Å²) >= 11 is 0. The third kappa shape index (κ3) is 3.75. The number of fused-ring (bicyclic) bond motifs is 2. The summed E-state index contributed by atoms with van der Waals surface area (Å²) in [7, 11) is -4.34. The number of sulfonamides is 1. The van der Waals surface area contributed by atoms with Crippen molar-refractivity contribution in [3.63, 3.8) is 0 Å². The molecule has 1 unspecified atom stereocenters. The Balaban J connectivity index is 1.46. The van der Waals surface area contributed by atoms with E-state index in [-0.39, 0.29) is 33.5 Å². The standard InChI is InChI=1S/C23H18F3N3O4S/c1-12-5-6-13-3-2-4-20(21(13)27-12)34(31,32)28-23(30)19-11-15-16(24)9-14(10-18(15)33-19)29-8-7-17(29)22(25)26/h2-6,9-11,17,22H,7-8H2,1H3,(H,28,30). The Morgan fingerprint density at radius 1 is 1.21 bits per heavy atom. The van der Waals surface area contributed by atoms with Crippen LogP contribution in [0.1, 0.15) is 22.7 Å². The third-order valence-electron chi connectivity index (χ3n) is 5.82. The normalized spacial score (nSPS) is 16.3. The van der Waals surface area contributed by atoms with Crippen molar-refractivity contribution < 1.29 is 30.8 Å². The summed E-state index contributed by atoms with van der Waals surface area (Å²) in [5.41, 5.74) is 0.945. The zero-order valence-corrected chi connectivity index (χ0v) is 18.6. The van der Waals surface area contributed by atoms with E-state index in [0.29, 0.717) is 17.6 Å². The Morgan fingerprint density at radius 3 is 2.71 bits per heavy atom. The number of halogens is 3.